The van der Waals surface area contributed by atoms with Gasteiger partial charge in [0.15, 0.2) is 11.0 Å². The second-order valence-corrected chi connectivity index (χ2v) is 7.65. The van der Waals surface area contributed by atoms with E-state index in [0.29, 0.717) is 23.0 Å². The SMILES string of the molecule is C=CCn1c(CNC(=O)c2cccc(Cl)c2)nnc1SCc1cccc(C)c1. The number of carbonyl (C=O) groups excluding carboxylic acids is 1. The van der Waals surface area contributed by atoms with E-state index in [0.717, 1.165) is 10.9 Å². The van der Waals surface area contributed by atoms with Gasteiger partial charge in [0, 0.05) is 22.9 Å². The van der Waals surface area contributed by atoms with E-state index in [4.69, 9.17) is 11.6 Å². The molecule has 7 heteroatoms. The minimum absolute atomic E-state index is 0.204. The van der Waals surface area contributed by atoms with Crippen molar-refractivity contribution in [2.24, 2.45) is 0 Å². The number of halogens is 1. The zero-order valence-corrected chi connectivity index (χ0v) is 17.1. The zero-order chi connectivity index (χ0) is 19.9. The number of nitrogens with one attached hydrogen (secondary N) is 1. The highest BCUT2D eigenvalue weighted by Gasteiger charge is 2.14. The van der Waals surface area contributed by atoms with Gasteiger partial charge in [-0.25, -0.2) is 0 Å². The van der Waals surface area contributed by atoms with Crippen LogP contribution in [0.3, 0.4) is 0 Å². The maximum absolute atomic E-state index is 12.3. The van der Waals surface area contributed by atoms with Crippen molar-refractivity contribution in [2.45, 2.75) is 30.9 Å². The fourth-order valence-electron chi connectivity index (χ4n) is 2.71. The molecule has 28 heavy (non-hydrogen) atoms. The minimum atomic E-state index is -0.204. The molecule has 3 rings (SSSR count). The van der Waals surface area contributed by atoms with Crippen LogP contribution in [0.4, 0.5) is 0 Å². The first kappa shape index (κ1) is 20.2. The Bertz CT molecular complexity index is 986. The molecule has 0 saturated carbocycles. The summed E-state index contributed by atoms with van der Waals surface area (Å²) < 4.78 is 1.96. The molecule has 3 aromatic rings. The fourth-order valence-corrected chi connectivity index (χ4v) is 3.81. The highest BCUT2D eigenvalue weighted by Crippen LogP contribution is 2.22. The maximum atomic E-state index is 12.3. The molecular formula is C21H21ClN4OS. The van der Waals surface area contributed by atoms with E-state index >= 15 is 0 Å². The van der Waals surface area contributed by atoms with Crippen LogP contribution in [0.25, 0.3) is 0 Å². The van der Waals surface area contributed by atoms with E-state index in [2.05, 4.69) is 53.3 Å². The summed E-state index contributed by atoms with van der Waals surface area (Å²) in [5.74, 6) is 1.28. The van der Waals surface area contributed by atoms with Crippen LogP contribution in [0, 0.1) is 6.92 Å². The summed E-state index contributed by atoms with van der Waals surface area (Å²) in [5, 5.41) is 12.7. The van der Waals surface area contributed by atoms with Crippen molar-refractivity contribution in [3.63, 3.8) is 0 Å². The quantitative estimate of drug-likeness (QED) is 0.432. The van der Waals surface area contributed by atoms with Gasteiger partial charge in [-0.3, -0.25) is 4.79 Å². The highest BCUT2D eigenvalue weighted by molar-refractivity contribution is 7.98. The van der Waals surface area contributed by atoms with Crippen LogP contribution in [-0.2, 0) is 18.8 Å². The summed E-state index contributed by atoms with van der Waals surface area (Å²) in [4.78, 5) is 12.3. The van der Waals surface area contributed by atoms with E-state index < -0.39 is 0 Å². The summed E-state index contributed by atoms with van der Waals surface area (Å²) in [6.45, 7) is 6.74. The monoisotopic (exact) mass is 412 g/mol. The van der Waals surface area contributed by atoms with Gasteiger partial charge in [-0.15, -0.1) is 16.8 Å². The van der Waals surface area contributed by atoms with Crippen molar-refractivity contribution >= 4 is 29.3 Å². The fraction of sp³-hybridized carbons (Fsp3) is 0.190. The number of aromatic nitrogens is 3. The van der Waals surface area contributed by atoms with E-state index in [1.54, 1.807) is 42.1 Å². The molecule has 2 aromatic carbocycles. The van der Waals surface area contributed by atoms with Crippen LogP contribution in [-0.4, -0.2) is 20.7 Å². The first-order chi connectivity index (χ1) is 13.6. The van der Waals surface area contributed by atoms with Gasteiger partial charge in [-0.1, -0.05) is 65.3 Å². The molecule has 5 nitrogen and oxygen atoms in total. The van der Waals surface area contributed by atoms with Gasteiger partial charge in [-0.2, -0.15) is 0 Å². The number of allylic oxidation sites excluding steroid dienone is 1. The van der Waals surface area contributed by atoms with Crippen LogP contribution < -0.4 is 5.32 Å². The number of carbonyl (C=O) groups is 1. The molecule has 1 N–H and O–H groups in total. The third kappa shape index (κ3) is 5.24. The molecule has 0 atom stereocenters. The van der Waals surface area contributed by atoms with E-state index in [1.807, 2.05) is 4.57 Å². The number of aryl methyl sites for hydroxylation is 1. The largest absolute Gasteiger partial charge is 0.345 e. The number of nitrogens with zero attached hydrogens (tertiary/aromatic N) is 3. The number of hydrogen-bond donors (Lipinski definition) is 1. The molecule has 0 fully saturated rings. The van der Waals surface area contributed by atoms with E-state index in [1.165, 1.54) is 11.1 Å². The Morgan fingerprint density at radius 3 is 2.82 bits per heavy atom. The summed E-state index contributed by atoms with van der Waals surface area (Å²) in [7, 11) is 0. The third-order valence-electron chi connectivity index (χ3n) is 4.05. The van der Waals surface area contributed by atoms with Crippen molar-refractivity contribution in [1.82, 2.24) is 20.1 Å². The summed E-state index contributed by atoms with van der Waals surface area (Å²) in [5.41, 5.74) is 2.97. The Labute approximate surface area is 173 Å². The van der Waals surface area contributed by atoms with Gasteiger partial charge in [0.05, 0.1) is 6.54 Å². The number of amides is 1. The first-order valence-electron chi connectivity index (χ1n) is 8.82. The zero-order valence-electron chi connectivity index (χ0n) is 15.6. The number of rotatable bonds is 8. The molecule has 1 aromatic heterocycles. The Balaban J connectivity index is 1.68. The molecule has 0 spiro atoms. The van der Waals surface area contributed by atoms with Crippen LogP contribution in [0.2, 0.25) is 5.02 Å². The average molecular weight is 413 g/mol. The first-order valence-corrected chi connectivity index (χ1v) is 10.2. The van der Waals surface area contributed by atoms with Crippen LogP contribution in [0.1, 0.15) is 27.3 Å². The molecule has 144 valence electrons. The lowest BCUT2D eigenvalue weighted by atomic mass is 10.2. The van der Waals surface area contributed by atoms with Crippen LogP contribution >= 0.6 is 23.4 Å². The third-order valence-corrected chi connectivity index (χ3v) is 5.32. The standard InChI is InChI=1S/C21H21ClN4OS/c1-3-10-26-19(13-23-20(27)17-8-5-9-18(22)12-17)24-25-21(26)28-14-16-7-4-6-15(2)11-16/h3-9,11-12H,1,10,13-14H2,2H3,(H,23,27). The molecule has 0 bridgehead atoms. The number of benzene rings is 2. The highest BCUT2D eigenvalue weighted by atomic mass is 35.5. The molecule has 0 unspecified atom stereocenters. The Hall–Kier alpha value is -2.57. The average Bonchev–Trinajstić information content (AvgIpc) is 3.06. The van der Waals surface area contributed by atoms with Gasteiger partial charge in [0.25, 0.3) is 5.91 Å². The molecule has 1 amide bonds. The van der Waals surface area contributed by atoms with Crippen molar-refractivity contribution < 1.29 is 4.79 Å². The maximum Gasteiger partial charge on any atom is 0.251 e. The minimum Gasteiger partial charge on any atom is -0.345 e. The van der Waals surface area contributed by atoms with Crippen LogP contribution in [0.5, 0.6) is 0 Å². The predicted molar refractivity (Wildman–Crippen MR) is 114 cm³/mol. The molecule has 0 aliphatic heterocycles. The second kappa shape index (κ2) is 9.57. The van der Waals surface area contributed by atoms with Gasteiger partial charge < -0.3 is 9.88 Å². The predicted octanol–water partition coefficient (Wildman–Crippen LogP) is 4.65. The van der Waals surface area contributed by atoms with Crippen molar-refractivity contribution in [3.8, 4) is 0 Å². The molecular weight excluding hydrogens is 392 g/mol. The van der Waals surface area contributed by atoms with Crippen molar-refractivity contribution in [1.29, 1.82) is 0 Å². The second-order valence-electron chi connectivity index (χ2n) is 6.27. The lowest BCUT2D eigenvalue weighted by Gasteiger charge is -2.09. The van der Waals surface area contributed by atoms with Gasteiger partial charge in [-0.05, 0) is 30.7 Å². The van der Waals surface area contributed by atoms with Crippen LogP contribution in [0.15, 0.2) is 66.3 Å². The number of thioether (sulfide) groups is 1. The molecule has 0 radical (unpaired) electrons. The van der Waals surface area contributed by atoms with E-state index in [-0.39, 0.29) is 12.5 Å². The van der Waals surface area contributed by atoms with Gasteiger partial charge in [0.1, 0.15) is 0 Å². The summed E-state index contributed by atoms with van der Waals surface area (Å²) in [6.07, 6.45) is 1.79. The molecule has 1 heterocycles. The summed E-state index contributed by atoms with van der Waals surface area (Å²) >= 11 is 7.56. The Kier molecular flexibility index (Phi) is 6.90. The van der Waals surface area contributed by atoms with Gasteiger partial charge in [0.2, 0.25) is 0 Å². The normalized spacial score (nSPS) is 10.6. The molecule has 0 saturated heterocycles. The lowest BCUT2D eigenvalue weighted by molar-refractivity contribution is 0.0949. The Morgan fingerprint density at radius 2 is 2.07 bits per heavy atom. The lowest BCUT2D eigenvalue weighted by Crippen LogP contribution is -2.24. The smallest absolute Gasteiger partial charge is 0.251 e. The topological polar surface area (TPSA) is 59.8 Å². The summed E-state index contributed by atoms with van der Waals surface area (Å²) in [6, 6.07) is 15.2. The Morgan fingerprint density at radius 1 is 1.25 bits per heavy atom. The van der Waals surface area contributed by atoms with Gasteiger partial charge >= 0.3 is 0 Å². The van der Waals surface area contributed by atoms with Crippen molar-refractivity contribution in [3.05, 3.63) is 88.7 Å². The number of hydrogen-bond acceptors (Lipinski definition) is 4. The molecule has 0 aliphatic rings. The van der Waals surface area contributed by atoms with Crippen molar-refractivity contribution in [2.75, 3.05) is 0 Å². The molecule has 0 aliphatic carbocycles. The van der Waals surface area contributed by atoms with E-state index in [9.17, 15) is 4.79 Å².